The van der Waals surface area contributed by atoms with Gasteiger partial charge < -0.3 is 19.1 Å². The highest BCUT2D eigenvalue weighted by Gasteiger charge is 2.18. The Bertz CT molecular complexity index is 205. The molecule has 0 bridgehead atoms. The average molecular weight is 294 g/mol. The maximum Gasteiger partial charge on any atom is 0.0701 e. The number of nitrogens with zero attached hydrogens (tertiary/aromatic N) is 1. The van der Waals surface area contributed by atoms with Crippen molar-refractivity contribution in [1.82, 2.24) is 4.90 Å². The highest BCUT2D eigenvalue weighted by molar-refractivity contribution is 6.17. The summed E-state index contributed by atoms with van der Waals surface area (Å²) < 4.78 is 15.8. The molecule has 0 N–H and O–H groups in total. The predicted molar refractivity (Wildman–Crippen MR) is 78.0 cm³/mol. The van der Waals surface area contributed by atoms with Gasteiger partial charge >= 0.3 is 0 Å². The number of rotatable bonds is 11. The van der Waals surface area contributed by atoms with Crippen LogP contribution in [-0.2, 0) is 14.2 Å². The SMILES string of the molecule is COCCOCCOCCN1CCCC(CCCl)C1. The molecule has 1 heterocycles. The summed E-state index contributed by atoms with van der Waals surface area (Å²) in [7, 11) is 1.68. The van der Waals surface area contributed by atoms with Crippen molar-refractivity contribution >= 4 is 11.6 Å². The van der Waals surface area contributed by atoms with E-state index in [0.29, 0.717) is 26.4 Å². The summed E-state index contributed by atoms with van der Waals surface area (Å²) in [5, 5.41) is 0. The highest BCUT2D eigenvalue weighted by Crippen LogP contribution is 2.19. The number of piperidine rings is 1. The van der Waals surface area contributed by atoms with E-state index in [4.69, 9.17) is 25.8 Å². The molecule has 0 aromatic carbocycles. The van der Waals surface area contributed by atoms with Crippen LogP contribution in [0.25, 0.3) is 0 Å². The quantitative estimate of drug-likeness (QED) is 0.431. The molecule has 1 saturated heterocycles. The molecule has 0 saturated carbocycles. The van der Waals surface area contributed by atoms with E-state index in [0.717, 1.165) is 31.4 Å². The maximum atomic E-state index is 5.81. The van der Waals surface area contributed by atoms with Crippen LogP contribution in [0, 0.1) is 5.92 Å². The second-order valence-corrected chi connectivity index (χ2v) is 5.38. The maximum absolute atomic E-state index is 5.81. The molecule has 0 aromatic rings. The smallest absolute Gasteiger partial charge is 0.0701 e. The van der Waals surface area contributed by atoms with Crippen molar-refractivity contribution in [3.63, 3.8) is 0 Å². The Labute approximate surface area is 122 Å². The van der Waals surface area contributed by atoms with Gasteiger partial charge in [0.25, 0.3) is 0 Å². The predicted octanol–water partition coefficient (Wildman–Crippen LogP) is 2.01. The highest BCUT2D eigenvalue weighted by atomic mass is 35.5. The lowest BCUT2D eigenvalue weighted by Gasteiger charge is -2.32. The van der Waals surface area contributed by atoms with E-state index in [1.54, 1.807) is 7.11 Å². The molecule has 114 valence electrons. The minimum atomic E-state index is 0.645. The van der Waals surface area contributed by atoms with E-state index in [2.05, 4.69) is 4.90 Å². The molecule has 1 rings (SSSR count). The van der Waals surface area contributed by atoms with Crippen molar-refractivity contribution < 1.29 is 14.2 Å². The normalized spacial score (nSPS) is 20.8. The second-order valence-electron chi connectivity index (χ2n) is 5.00. The fourth-order valence-corrected chi connectivity index (χ4v) is 2.71. The van der Waals surface area contributed by atoms with E-state index in [-0.39, 0.29) is 0 Å². The van der Waals surface area contributed by atoms with Crippen LogP contribution >= 0.6 is 11.6 Å². The summed E-state index contributed by atoms with van der Waals surface area (Å²) >= 11 is 5.81. The van der Waals surface area contributed by atoms with Crippen LogP contribution in [0.1, 0.15) is 19.3 Å². The minimum absolute atomic E-state index is 0.645. The molecule has 0 radical (unpaired) electrons. The fraction of sp³-hybridized carbons (Fsp3) is 1.00. The van der Waals surface area contributed by atoms with Crippen molar-refractivity contribution in [2.24, 2.45) is 5.92 Å². The molecular weight excluding hydrogens is 266 g/mol. The minimum Gasteiger partial charge on any atom is -0.382 e. The summed E-state index contributed by atoms with van der Waals surface area (Å²) in [6.45, 7) is 6.81. The fourth-order valence-electron chi connectivity index (χ4n) is 2.40. The first kappa shape index (κ1) is 17.2. The Morgan fingerprint density at radius 2 is 1.84 bits per heavy atom. The van der Waals surface area contributed by atoms with Gasteiger partial charge in [0.15, 0.2) is 0 Å². The zero-order valence-corrected chi connectivity index (χ0v) is 12.9. The molecule has 4 nitrogen and oxygen atoms in total. The van der Waals surface area contributed by atoms with Gasteiger partial charge in [-0.2, -0.15) is 0 Å². The van der Waals surface area contributed by atoms with Crippen LogP contribution in [0.4, 0.5) is 0 Å². The van der Waals surface area contributed by atoms with Gasteiger partial charge in [-0.25, -0.2) is 0 Å². The van der Waals surface area contributed by atoms with Gasteiger partial charge in [0, 0.05) is 26.1 Å². The van der Waals surface area contributed by atoms with Crippen LogP contribution in [-0.4, -0.2) is 70.6 Å². The lowest BCUT2D eigenvalue weighted by Crippen LogP contribution is -2.37. The number of ether oxygens (including phenoxy) is 3. The van der Waals surface area contributed by atoms with E-state index < -0.39 is 0 Å². The molecule has 0 aliphatic carbocycles. The number of hydrogen-bond acceptors (Lipinski definition) is 4. The Balaban J connectivity index is 1.91. The summed E-state index contributed by atoms with van der Waals surface area (Å²) in [5.74, 6) is 1.57. The van der Waals surface area contributed by atoms with Crippen molar-refractivity contribution in [3.8, 4) is 0 Å². The third-order valence-electron chi connectivity index (χ3n) is 3.48. The molecule has 0 spiro atoms. The zero-order chi connectivity index (χ0) is 13.8. The van der Waals surface area contributed by atoms with Crippen molar-refractivity contribution in [3.05, 3.63) is 0 Å². The van der Waals surface area contributed by atoms with Gasteiger partial charge in [-0.3, -0.25) is 0 Å². The lowest BCUT2D eigenvalue weighted by atomic mass is 9.96. The molecule has 1 unspecified atom stereocenters. The number of methoxy groups -OCH3 is 1. The molecule has 5 heteroatoms. The van der Waals surface area contributed by atoms with E-state index >= 15 is 0 Å². The van der Waals surface area contributed by atoms with E-state index in [1.807, 2.05) is 0 Å². The number of likely N-dealkylation sites (tertiary alicyclic amines) is 1. The van der Waals surface area contributed by atoms with Crippen LogP contribution < -0.4 is 0 Å². The van der Waals surface area contributed by atoms with Crippen molar-refractivity contribution in [2.75, 3.05) is 65.7 Å². The lowest BCUT2D eigenvalue weighted by molar-refractivity contribution is 0.0166. The Morgan fingerprint density at radius 1 is 1.11 bits per heavy atom. The molecule has 1 fully saturated rings. The first-order valence-corrected chi connectivity index (χ1v) is 7.83. The number of hydrogen-bond donors (Lipinski definition) is 0. The molecule has 1 atom stereocenters. The Kier molecular flexibility index (Phi) is 10.8. The monoisotopic (exact) mass is 293 g/mol. The number of alkyl halides is 1. The van der Waals surface area contributed by atoms with Gasteiger partial charge in [-0.05, 0) is 31.7 Å². The van der Waals surface area contributed by atoms with Crippen LogP contribution in [0.2, 0.25) is 0 Å². The van der Waals surface area contributed by atoms with Gasteiger partial charge in [0.05, 0.1) is 33.0 Å². The summed E-state index contributed by atoms with van der Waals surface area (Å²) in [4.78, 5) is 2.49. The van der Waals surface area contributed by atoms with Crippen LogP contribution in [0.5, 0.6) is 0 Å². The van der Waals surface area contributed by atoms with Crippen LogP contribution in [0.3, 0.4) is 0 Å². The first-order valence-electron chi connectivity index (χ1n) is 7.29. The third-order valence-corrected chi connectivity index (χ3v) is 3.69. The van der Waals surface area contributed by atoms with E-state index in [1.165, 1.54) is 25.9 Å². The van der Waals surface area contributed by atoms with Crippen LogP contribution in [0.15, 0.2) is 0 Å². The van der Waals surface area contributed by atoms with Crippen molar-refractivity contribution in [2.45, 2.75) is 19.3 Å². The summed E-state index contributed by atoms with van der Waals surface area (Å²) in [5.41, 5.74) is 0. The second kappa shape index (κ2) is 11.9. The molecule has 19 heavy (non-hydrogen) atoms. The van der Waals surface area contributed by atoms with Crippen molar-refractivity contribution in [1.29, 1.82) is 0 Å². The van der Waals surface area contributed by atoms with Gasteiger partial charge in [-0.15, -0.1) is 11.6 Å². The van der Waals surface area contributed by atoms with Gasteiger partial charge in [0.2, 0.25) is 0 Å². The standard InChI is InChI=1S/C14H28ClNO3/c1-17-9-10-19-12-11-18-8-7-16-6-2-3-14(13-16)4-5-15/h14H,2-13H2,1H3. The molecule has 0 amide bonds. The Morgan fingerprint density at radius 3 is 2.58 bits per heavy atom. The third kappa shape index (κ3) is 8.82. The zero-order valence-electron chi connectivity index (χ0n) is 12.1. The Hall–Kier alpha value is 0.130. The largest absolute Gasteiger partial charge is 0.382 e. The van der Waals surface area contributed by atoms with Gasteiger partial charge in [0.1, 0.15) is 0 Å². The molecule has 0 aromatic heterocycles. The summed E-state index contributed by atoms with van der Waals surface area (Å²) in [6.07, 6.45) is 3.77. The number of halogens is 1. The summed E-state index contributed by atoms with van der Waals surface area (Å²) in [6, 6.07) is 0. The van der Waals surface area contributed by atoms with E-state index in [9.17, 15) is 0 Å². The molecule has 1 aliphatic rings. The molecule has 1 aliphatic heterocycles. The average Bonchev–Trinajstić information content (AvgIpc) is 2.43. The first-order chi connectivity index (χ1) is 9.36. The van der Waals surface area contributed by atoms with Gasteiger partial charge in [-0.1, -0.05) is 0 Å². The topological polar surface area (TPSA) is 30.9 Å². The molecular formula is C14H28ClNO3.